The second-order valence-electron chi connectivity index (χ2n) is 4.12. The maximum Gasteiger partial charge on any atom is 0.317 e. The lowest BCUT2D eigenvalue weighted by Gasteiger charge is -2.34. The molecule has 1 aromatic rings. The number of anilines is 1. The molecule has 6 heteroatoms. The summed E-state index contributed by atoms with van der Waals surface area (Å²) < 4.78 is 0. The topological polar surface area (TPSA) is 69.6 Å². The molecule has 0 aliphatic carbocycles. The largest absolute Gasteiger partial charge is 0.480 e. The fourth-order valence-corrected chi connectivity index (χ4v) is 2.02. The number of hydrogen-bond donors (Lipinski definition) is 1. The first-order chi connectivity index (χ1) is 8.16. The van der Waals surface area contributed by atoms with Crippen molar-refractivity contribution in [3.63, 3.8) is 0 Å². The third kappa shape index (κ3) is 2.91. The highest BCUT2D eigenvalue weighted by Gasteiger charge is 2.20. The number of hydrogen-bond acceptors (Lipinski definition) is 5. The third-order valence-corrected chi connectivity index (χ3v) is 2.89. The second kappa shape index (κ2) is 5.09. The van der Waals surface area contributed by atoms with E-state index in [0.29, 0.717) is 0 Å². The summed E-state index contributed by atoms with van der Waals surface area (Å²) in [6.45, 7) is 5.16. The summed E-state index contributed by atoms with van der Waals surface area (Å²) in [5.74, 6) is 0.136. The first-order valence-electron chi connectivity index (χ1n) is 5.63. The molecular formula is C11H16N4O2. The van der Waals surface area contributed by atoms with E-state index in [-0.39, 0.29) is 6.54 Å². The van der Waals surface area contributed by atoms with E-state index in [4.69, 9.17) is 5.11 Å². The molecular weight excluding hydrogens is 220 g/mol. The summed E-state index contributed by atoms with van der Waals surface area (Å²) in [7, 11) is 0. The Morgan fingerprint density at radius 2 is 1.94 bits per heavy atom. The van der Waals surface area contributed by atoms with Crippen molar-refractivity contribution in [3.8, 4) is 0 Å². The van der Waals surface area contributed by atoms with Gasteiger partial charge in [0.2, 0.25) is 0 Å². The van der Waals surface area contributed by atoms with Crippen LogP contribution in [0.3, 0.4) is 0 Å². The molecule has 1 N–H and O–H groups in total. The number of rotatable bonds is 3. The molecule has 0 radical (unpaired) electrons. The van der Waals surface area contributed by atoms with Crippen LogP contribution in [0.15, 0.2) is 12.4 Å². The molecule has 1 saturated heterocycles. The number of aromatic nitrogens is 2. The van der Waals surface area contributed by atoms with Crippen molar-refractivity contribution in [1.82, 2.24) is 14.9 Å². The molecule has 1 fully saturated rings. The van der Waals surface area contributed by atoms with Gasteiger partial charge in [0.1, 0.15) is 5.82 Å². The predicted octanol–water partition coefficient (Wildman–Crippen LogP) is -0.00838. The van der Waals surface area contributed by atoms with Gasteiger partial charge in [0.25, 0.3) is 0 Å². The van der Waals surface area contributed by atoms with E-state index in [9.17, 15) is 4.79 Å². The minimum Gasteiger partial charge on any atom is -0.480 e. The highest BCUT2D eigenvalue weighted by molar-refractivity contribution is 5.69. The molecule has 0 atom stereocenters. The Morgan fingerprint density at radius 1 is 1.29 bits per heavy atom. The Hall–Kier alpha value is -1.69. The van der Waals surface area contributed by atoms with Crippen LogP contribution in [0.5, 0.6) is 0 Å². The van der Waals surface area contributed by atoms with E-state index < -0.39 is 5.97 Å². The van der Waals surface area contributed by atoms with Crippen LogP contribution in [-0.4, -0.2) is 58.7 Å². The monoisotopic (exact) mass is 236 g/mol. The van der Waals surface area contributed by atoms with Gasteiger partial charge < -0.3 is 10.0 Å². The van der Waals surface area contributed by atoms with Gasteiger partial charge in [-0.05, 0) is 6.92 Å². The van der Waals surface area contributed by atoms with E-state index in [1.54, 1.807) is 12.4 Å². The lowest BCUT2D eigenvalue weighted by atomic mass is 10.3. The van der Waals surface area contributed by atoms with Crippen molar-refractivity contribution in [3.05, 3.63) is 18.1 Å². The molecule has 1 aromatic heterocycles. The molecule has 1 aliphatic rings. The van der Waals surface area contributed by atoms with Gasteiger partial charge >= 0.3 is 5.97 Å². The number of aliphatic carboxylic acids is 1. The lowest BCUT2D eigenvalue weighted by Crippen LogP contribution is -2.48. The van der Waals surface area contributed by atoms with Crippen LogP contribution in [0.1, 0.15) is 5.69 Å². The minimum absolute atomic E-state index is 0.118. The van der Waals surface area contributed by atoms with Crippen molar-refractivity contribution >= 4 is 11.8 Å². The van der Waals surface area contributed by atoms with Crippen LogP contribution < -0.4 is 4.90 Å². The fourth-order valence-electron chi connectivity index (χ4n) is 2.02. The lowest BCUT2D eigenvalue weighted by molar-refractivity contribution is -0.138. The third-order valence-electron chi connectivity index (χ3n) is 2.89. The summed E-state index contributed by atoms with van der Waals surface area (Å²) >= 11 is 0. The van der Waals surface area contributed by atoms with E-state index in [1.807, 2.05) is 11.8 Å². The normalized spacial score (nSPS) is 17.1. The number of aryl methyl sites for hydroxylation is 1. The molecule has 0 amide bonds. The summed E-state index contributed by atoms with van der Waals surface area (Å²) in [5.41, 5.74) is 0.916. The number of piperazine rings is 1. The van der Waals surface area contributed by atoms with Crippen molar-refractivity contribution in [2.75, 3.05) is 37.6 Å². The molecule has 6 nitrogen and oxygen atoms in total. The Kier molecular flexibility index (Phi) is 3.53. The summed E-state index contributed by atoms with van der Waals surface area (Å²) in [5, 5.41) is 8.72. The van der Waals surface area contributed by atoms with Gasteiger partial charge in [-0.2, -0.15) is 0 Å². The average Bonchev–Trinajstić information content (AvgIpc) is 2.30. The van der Waals surface area contributed by atoms with E-state index in [0.717, 1.165) is 37.7 Å². The van der Waals surface area contributed by atoms with Crippen LogP contribution in [-0.2, 0) is 4.79 Å². The zero-order valence-electron chi connectivity index (χ0n) is 9.83. The first-order valence-corrected chi connectivity index (χ1v) is 5.63. The summed E-state index contributed by atoms with van der Waals surface area (Å²) in [6.07, 6.45) is 3.37. The van der Waals surface area contributed by atoms with Crippen LogP contribution in [0, 0.1) is 6.92 Å². The van der Waals surface area contributed by atoms with Gasteiger partial charge in [-0.15, -0.1) is 0 Å². The van der Waals surface area contributed by atoms with E-state index >= 15 is 0 Å². The fraction of sp³-hybridized carbons (Fsp3) is 0.545. The molecule has 2 heterocycles. The standard InChI is InChI=1S/C11H16N4O2/c1-9-11(13-3-2-12-9)15-6-4-14(5-7-15)8-10(16)17/h2-3H,4-8H2,1H3,(H,16,17). The van der Waals surface area contributed by atoms with Crippen LogP contribution in [0.2, 0.25) is 0 Å². The Balaban J connectivity index is 1.95. The van der Waals surface area contributed by atoms with Crippen molar-refractivity contribution in [2.24, 2.45) is 0 Å². The number of carbonyl (C=O) groups is 1. The Labute approximate surface area is 99.9 Å². The average molecular weight is 236 g/mol. The molecule has 17 heavy (non-hydrogen) atoms. The first kappa shape index (κ1) is 11.8. The van der Waals surface area contributed by atoms with Crippen molar-refractivity contribution in [2.45, 2.75) is 6.92 Å². The van der Waals surface area contributed by atoms with Gasteiger partial charge in [0.15, 0.2) is 0 Å². The molecule has 2 rings (SSSR count). The van der Waals surface area contributed by atoms with Gasteiger partial charge in [-0.25, -0.2) is 4.98 Å². The molecule has 0 aromatic carbocycles. The Bertz CT molecular complexity index is 402. The van der Waals surface area contributed by atoms with Gasteiger partial charge in [-0.3, -0.25) is 14.7 Å². The maximum absolute atomic E-state index is 10.6. The van der Waals surface area contributed by atoms with Crippen LogP contribution in [0.4, 0.5) is 5.82 Å². The van der Waals surface area contributed by atoms with Gasteiger partial charge in [0.05, 0.1) is 12.2 Å². The SMILES string of the molecule is Cc1nccnc1N1CCN(CC(=O)O)CC1. The molecule has 0 unspecified atom stereocenters. The van der Waals surface area contributed by atoms with Gasteiger partial charge in [-0.1, -0.05) is 0 Å². The van der Waals surface area contributed by atoms with Gasteiger partial charge in [0, 0.05) is 38.6 Å². The maximum atomic E-state index is 10.6. The highest BCUT2D eigenvalue weighted by Crippen LogP contribution is 2.15. The second-order valence-corrected chi connectivity index (χ2v) is 4.12. The van der Waals surface area contributed by atoms with E-state index in [1.165, 1.54) is 0 Å². The smallest absolute Gasteiger partial charge is 0.317 e. The minimum atomic E-state index is -0.769. The summed E-state index contributed by atoms with van der Waals surface area (Å²) in [4.78, 5) is 23.2. The van der Waals surface area contributed by atoms with Crippen LogP contribution >= 0.6 is 0 Å². The summed E-state index contributed by atoms with van der Waals surface area (Å²) in [6, 6.07) is 0. The zero-order valence-corrected chi connectivity index (χ0v) is 9.83. The number of carboxylic acid groups (broad SMARTS) is 1. The van der Waals surface area contributed by atoms with Crippen molar-refractivity contribution in [1.29, 1.82) is 0 Å². The molecule has 0 spiro atoms. The van der Waals surface area contributed by atoms with E-state index in [2.05, 4.69) is 14.9 Å². The molecule has 0 saturated carbocycles. The number of nitrogens with zero attached hydrogens (tertiary/aromatic N) is 4. The van der Waals surface area contributed by atoms with Crippen LogP contribution in [0.25, 0.3) is 0 Å². The quantitative estimate of drug-likeness (QED) is 0.796. The predicted molar refractivity (Wildman–Crippen MR) is 63.1 cm³/mol. The number of carboxylic acids is 1. The highest BCUT2D eigenvalue weighted by atomic mass is 16.4. The molecule has 92 valence electrons. The Morgan fingerprint density at radius 3 is 2.53 bits per heavy atom. The van der Waals surface area contributed by atoms with Crippen molar-refractivity contribution < 1.29 is 9.90 Å². The molecule has 0 bridgehead atoms. The molecule has 1 aliphatic heterocycles. The zero-order chi connectivity index (χ0) is 12.3.